The van der Waals surface area contributed by atoms with E-state index in [4.69, 9.17) is 0 Å². The molecule has 0 aliphatic heterocycles. The number of nitrogens with zero attached hydrogens (tertiary/aromatic N) is 3. The Balaban J connectivity index is 1.25. The Labute approximate surface area is 232 Å². The van der Waals surface area contributed by atoms with Gasteiger partial charge in [0.2, 0.25) is 5.13 Å². The molecule has 40 heavy (non-hydrogen) atoms. The van der Waals surface area contributed by atoms with Gasteiger partial charge in [-0.3, -0.25) is 10.1 Å². The third-order valence-electron chi connectivity index (χ3n) is 7.12. The largest absolute Gasteiger partial charge is 0.361 e. The molecule has 7 rings (SSSR count). The van der Waals surface area contributed by atoms with Crippen molar-refractivity contribution in [2.24, 2.45) is 0 Å². The Morgan fingerprint density at radius 1 is 0.750 bits per heavy atom. The number of H-pyrrole nitrogens is 2. The van der Waals surface area contributed by atoms with Gasteiger partial charge in [-0.1, -0.05) is 84.1 Å². The van der Waals surface area contributed by atoms with Crippen LogP contribution >= 0.6 is 11.3 Å². The molecular weight excluding hydrogens is 520 g/mol. The zero-order valence-electron chi connectivity index (χ0n) is 21.0. The summed E-state index contributed by atoms with van der Waals surface area (Å²) in [6, 6.07) is 31.6. The fourth-order valence-corrected chi connectivity index (χ4v) is 6.02. The molecule has 0 saturated carbocycles. The van der Waals surface area contributed by atoms with Gasteiger partial charge < -0.3 is 15.3 Å². The first kappa shape index (κ1) is 23.8. The van der Waals surface area contributed by atoms with Crippen LogP contribution in [0.3, 0.4) is 0 Å². The van der Waals surface area contributed by atoms with Crippen molar-refractivity contribution in [2.75, 3.05) is 5.32 Å². The number of anilines is 2. The van der Waals surface area contributed by atoms with Crippen LogP contribution in [0.1, 0.15) is 22.6 Å². The minimum Gasteiger partial charge on any atom is -0.361 e. The zero-order chi connectivity index (χ0) is 27.1. The zero-order valence-corrected chi connectivity index (χ0v) is 21.9. The maximum Gasteiger partial charge on any atom is 0.292 e. The number of para-hydroxylation sites is 4. The number of aromatic amines is 2. The van der Waals surface area contributed by atoms with Crippen LogP contribution in [-0.2, 0) is 0 Å². The van der Waals surface area contributed by atoms with Crippen LogP contribution in [0.5, 0.6) is 0 Å². The molecule has 0 saturated heterocycles. The van der Waals surface area contributed by atoms with Crippen LogP contribution in [0.4, 0.5) is 16.5 Å². The summed E-state index contributed by atoms with van der Waals surface area (Å²) in [7, 11) is 0. The van der Waals surface area contributed by atoms with E-state index in [0.717, 1.165) is 27.2 Å². The molecule has 9 heteroatoms. The van der Waals surface area contributed by atoms with Gasteiger partial charge in [-0.05, 0) is 34.9 Å². The van der Waals surface area contributed by atoms with Crippen molar-refractivity contribution in [3.05, 3.63) is 136 Å². The van der Waals surface area contributed by atoms with Crippen molar-refractivity contribution in [1.29, 1.82) is 0 Å². The van der Waals surface area contributed by atoms with Crippen molar-refractivity contribution < 1.29 is 4.92 Å². The molecule has 0 unspecified atom stereocenters. The number of hydrogen-bond donors (Lipinski definition) is 3. The molecule has 194 valence electrons. The van der Waals surface area contributed by atoms with E-state index in [2.05, 4.69) is 98.5 Å². The molecule has 0 fully saturated rings. The van der Waals surface area contributed by atoms with Crippen LogP contribution < -0.4 is 5.32 Å². The fourth-order valence-electron chi connectivity index (χ4n) is 5.25. The third-order valence-corrected chi connectivity index (χ3v) is 8.01. The van der Waals surface area contributed by atoms with Crippen molar-refractivity contribution in [3.8, 4) is 10.6 Å². The number of rotatable bonds is 7. The van der Waals surface area contributed by atoms with Crippen molar-refractivity contribution in [3.63, 3.8) is 0 Å². The van der Waals surface area contributed by atoms with Crippen molar-refractivity contribution in [2.45, 2.75) is 5.92 Å². The number of aromatic nitrogens is 4. The molecular formula is C31H22N6O2S. The van der Waals surface area contributed by atoms with E-state index in [1.165, 1.54) is 39.3 Å². The summed E-state index contributed by atoms with van der Waals surface area (Å²) in [4.78, 5) is 17.8. The van der Waals surface area contributed by atoms with E-state index < -0.39 is 4.92 Å². The van der Waals surface area contributed by atoms with Crippen LogP contribution in [0.15, 0.2) is 109 Å². The summed E-state index contributed by atoms with van der Waals surface area (Å²) >= 11 is 1.35. The molecule has 0 spiro atoms. The van der Waals surface area contributed by atoms with Crippen LogP contribution in [0.25, 0.3) is 32.4 Å². The van der Waals surface area contributed by atoms with Gasteiger partial charge in [0.25, 0.3) is 5.69 Å². The van der Waals surface area contributed by atoms with E-state index in [-0.39, 0.29) is 11.6 Å². The summed E-state index contributed by atoms with van der Waals surface area (Å²) < 4.78 is 0. The topological polar surface area (TPSA) is 113 Å². The molecule has 0 aliphatic carbocycles. The molecule has 0 radical (unpaired) electrons. The molecule has 0 atom stereocenters. The second kappa shape index (κ2) is 9.79. The third kappa shape index (κ3) is 4.18. The first-order valence-electron chi connectivity index (χ1n) is 12.7. The average Bonchev–Trinajstić information content (AvgIpc) is 3.74. The molecule has 0 aliphatic rings. The molecule has 3 aromatic heterocycles. The monoisotopic (exact) mass is 542 g/mol. The average molecular weight is 543 g/mol. The lowest BCUT2D eigenvalue weighted by atomic mass is 9.84. The predicted octanol–water partition coefficient (Wildman–Crippen LogP) is 8.00. The van der Waals surface area contributed by atoms with Crippen molar-refractivity contribution in [1.82, 2.24) is 20.2 Å². The molecule has 3 heterocycles. The first-order chi connectivity index (χ1) is 19.7. The van der Waals surface area contributed by atoms with E-state index in [0.29, 0.717) is 10.8 Å². The van der Waals surface area contributed by atoms with Crippen LogP contribution in [0, 0.1) is 10.1 Å². The summed E-state index contributed by atoms with van der Waals surface area (Å²) in [6.07, 6.45) is 4.22. The summed E-state index contributed by atoms with van der Waals surface area (Å²) in [5.74, 6) is 0.00614. The van der Waals surface area contributed by atoms with E-state index >= 15 is 0 Å². The molecule has 0 bridgehead atoms. The maximum atomic E-state index is 11.4. The first-order valence-corrected chi connectivity index (χ1v) is 13.5. The lowest BCUT2D eigenvalue weighted by Crippen LogP contribution is -2.02. The lowest BCUT2D eigenvalue weighted by Gasteiger charge is -2.18. The Morgan fingerprint density at radius 3 is 2.00 bits per heavy atom. The standard InChI is InChI=1S/C31H22N6O2S/c38-37(39)28-12-6-5-11-27(28)34-31-36-35-30(40-31)20-15-13-19(14-16-20)29(23-17-32-25-9-3-1-7-21(23)25)24-18-33-26-10-4-2-8-22(24)26/h1-18,29,32-33H,(H,34,36). The SMILES string of the molecule is O=[N+]([O-])c1ccccc1Nc1nnc(-c2ccc(C(c3c[nH]c4ccccc34)c3c[nH]c4ccccc34)cc2)s1. The van der Waals surface area contributed by atoms with Crippen LogP contribution in [0.2, 0.25) is 0 Å². The Kier molecular flexibility index (Phi) is 5.83. The number of fused-ring (bicyclic) bond motifs is 2. The predicted molar refractivity (Wildman–Crippen MR) is 159 cm³/mol. The molecule has 0 amide bonds. The number of nitrogens with one attached hydrogen (secondary N) is 3. The smallest absolute Gasteiger partial charge is 0.292 e. The highest BCUT2D eigenvalue weighted by Gasteiger charge is 2.23. The second-order valence-corrected chi connectivity index (χ2v) is 10.4. The normalized spacial score (nSPS) is 11.4. The Bertz CT molecular complexity index is 1910. The van der Waals surface area contributed by atoms with Gasteiger partial charge in [-0.15, -0.1) is 10.2 Å². The van der Waals surface area contributed by atoms with E-state index in [1.54, 1.807) is 18.2 Å². The van der Waals surface area contributed by atoms with Gasteiger partial charge in [0.15, 0.2) is 0 Å². The molecule has 7 aromatic rings. The number of hydrogen-bond acceptors (Lipinski definition) is 6. The van der Waals surface area contributed by atoms with Gasteiger partial charge in [-0.25, -0.2) is 0 Å². The van der Waals surface area contributed by atoms with Gasteiger partial charge in [0, 0.05) is 51.7 Å². The fraction of sp³-hybridized carbons (Fsp3) is 0.0323. The van der Waals surface area contributed by atoms with E-state index in [9.17, 15) is 10.1 Å². The number of nitro groups is 1. The van der Waals surface area contributed by atoms with Gasteiger partial charge >= 0.3 is 0 Å². The highest BCUT2D eigenvalue weighted by molar-refractivity contribution is 7.18. The summed E-state index contributed by atoms with van der Waals surface area (Å²) in [5, 5.41) is 26.6. The van der Waals surface area contributed by atoms with Gasteiger partial charge in [0.05, 0.1) is 4.92 Å². The highest BCUT2D eigenvalue weighted by atomic mass is 32.1. The van der Waals surface area contributed by atoms with E-state index in [1.807, 2.05) is 12.1 Å². The van der Waals surface area contributed by atoms with Gasteiger partial charge in [-0.2, -0.15) is 0 Å². The lowest BCUT2D eigenvalue weighted by molar-refractivity contribution is -0.383. The quantitative estimate of drug-likeness (QED) is 0.140. The molecule has 3 N–H and O–H groups in total. The van der Waals surface area contributed by atoms with Crippen molar-refractivity contribution >= 4 is 49.6 Å². The number of nitro benzene ring substituents is 1. The molecule has 8 nitrogen and oxygen atoms in total. The Hall–Kier alpha value is -5.28. The highest BCUT2D eigenvalue weighted by Crippen LogP contribution is 2.40. The van der Waals surface area contributed by atoms with Gasteiger partial charge in [0.1, 0.15) is 10.7 Å². The maximum absolute atomic E-state index is 11.4. The summed E-state index contributed by atoms with van der Waals surface area (Å²) in [6.45, 7) is 0. The number of benzene rings is 4. The Morgan fingerprint density at radius 2 is 1.35 bits per heavy atom. The minimum absolute atomic E-state index is 0.00614. The van der Waals surface area contributed by atoms with Crippen LogP contribution in [-0.4, -0.2) is 25.1 Å². The summed E-state index contributed by atoms with van der Waals surface area (Å²) in [5.41, 5.74) is 7.07. The minimum atomic E-state index is -0.416. The molecule has 4 aromatic carbocycles. The second-order valence-electron chi connectivity index (χ2n) is 9.45.